The zero-order chi connectivity index (χ0) is 19.7. The predicted octanol–water partition coefficient (Wildman–Crippen LogP) is 3.42. The SMILES string of the molecule is Cl.Fc1ccc(F)c(CCN2CCC(Nc3ncnc4[nH]ncc34)C(F)(F)C2)c1. The zero-order valence-corrected chi connectivity index (χ0v) is 16.0. The van der Waals surface area contributed by atoms with E-state index in [0.717, 1.165) is 18.2 Å². The maximum atomic E-state index is 14.7. The Morgan fingerprint density at radius 2 is 2.07 bits per heavy atom. The molecule has 11 heteroatoms. The number of aromatic amines is 1. The molecule has 3 aromatic rings. The lowest BCUT2D eigenvalue weighted by Crippen LogP contribution is -2.54. The van der Waals surface area contributed by atoms with E-state index in [-0.39, 0.29) is 37.4 Å². The molecule has 0 aliphatic carbocycles. The van der Waals surface area contributed by atoms with Crippen molar-refractivity contribution in [1.29, 1.82) is 0 Å². The number of hydrogen-bond acceptors (Lipinski definition) is 5. The summed E-state index contributed by atoms with van der Waals surface area (Å²) < 4.78 is 56.4. The van der Waals surface area contributed by atoms with Gasteiger partial charge in [0.15, 0.2) is 5.65 Å². The molecule has 2 aromatic heterocycles. The summed E-state index contributed by atoms with van der Waals surface area (Å²) in [6, 6.07) is 2.09. The highest BCUT2D eigenvalue weighted by molar-refractivity contribution is 5.86. The van der Waals surface area contributed by atoms with Gasteiger partial charge in [0.05, 0.1) is 24.2 Å². The molecule has 6 nitrogen and oxygen atoms in total. The molecule has 0 amide bonds. The summed E-state index contributed by atoms with van der Waals surface area (Å²) in [5.41, 5.74) is 0.655. The number of likely N-dealkylation sites (tertiary alicyclic amines) is 1. The van der Waals surface area contributed by atoms with Crippen molar-refractivity contribution in [2.75, 3.05) is 25.0 Å². The Morgan fingerprint density at radius 1 is 1.24 bits per heavy atom. The second-order valence-electron chi connectivity index (χ2n) is 6.86. The standard InChI is InChI=1S/C18H18F4N6.ClH/c19-12-1-2-14(20)11(7-12)3-5-28-6-4-15(18(21,22)9-28)26-16-13-8-25-27-17(13)24-10-23-16;/h1-2,7-8,10,15H,3-6,9H2,(H2,23,24,25,26,27);1H. The molecule has 156 valence electrons. The van der Waals surface area contributed by atoms with E-state index in [0.29, 0.717) is 23.4 Å². The highest BCUT2D eigenvalue weighted by Gasteiger charge is 2.44. The lowest BCUT2D eigenvalue weighted by molar-refractivity contribution is -0.0734. The van der Waals surface area contributed by atoms with Crippen LogP contribution >= 0.6 is 12.4 Å². The summed E-state index contributed by atoms with van der Waals surface area (Å²) in [4.78, 5) is 9.60. The van der Waals surface area contributed by atoms with Gasteiger partial charge < -0.3 is 5.32 Å². The molecule has 29 heavy (non-hydrogen) atoms. The van der Waals surface area contributed by atoms with Gasteiger partial charge in [0, 0.05) is 13.1 Å². The molecule has 2 N–H and O–H groups in total. The molecule has 1 saturated heterocycles. The molecule has 3 heterocycles. The number of fused-ring (bicyclic) bond motifs is 1. The predicted molar refractivity (Wildman–Crippen MR) is 102 cm³/mol. The van der Waals surface area contributed by atoms with Crippen molar-refractivity contribution in [3.8, 4) is 0 Å². The van der Waals surface area contributed by atoms with Crippen molar-refractivity contribution < 1.29 is 17.6 Å². The minimum Gasteiger partial charge on any atom is -0.360 e. The van der Waals surface area contributed by atoms with Crippen LogP contribution in [0.5, 0.6) is 0 Å². The summed E-state index contributed by atoms with van der Waals surface area (Å²) in [5, 5.41) is 9.88. The highest BCUT2D eigenvalue weighted by Crippen LogP contribution is 2.31. The molecule has 4 rings (SSSR count). The molecule has 1 fully saturated rings. The van der Waals surface area contributed by atoms with Gasteiger partial charge in [0.2, 0.25) is 0 Å². The largest absolute Gasteiger partial charge is 0.360 e. The summed E-state index contributed by atoms with van der Waals surface area (Å²) in [5.74, 6) is -3.78. The van der Waals surface area contributed by atoms with Crippen LogP contribution in [-0.4, -0.2) is 56.7 Å². The lowest BCUT2D eigenvalue weighted by atomic mass is 9.99. The Morgan fingerprint density at radius 3 is 2.86 bits per heavy atom. The molecule has 0 saturated carbocycles. The number of hydrogen-bond donors (Lipinski definition) is 2. The topological polar surface area (TPSA) is 69.7 Å². The molecule has 1 aliphatic heterocycles. The Hall–Kier alpha value is -2.46. The van der Waals surface area contributed by atoms with E-state index in [4.69, 9.17) is 0 Å². The fraction of sp³-hybridized carbons (Fsp3) is 0.389. The number of halogens is 5. The van der Waals surface area contributed by atoms with Crippen molar-refractivity contribution in [2.45, 2.75) is 24.8 Å². The van der Waals surface area contributed by atoms with E-state index in [9.17, 15) is 17.6 Å². The first kappa shape index (κ1) is 21.3. The van der Waals surface area contributed by atoms with Crippen molar-refractivity contribution in [3.05, 3.63) is 47.9 Å². The first-order chi connectivity index (χ1) is 13.4. The van der Waals surface area contributed by atoms with Crippen molar-refractivity contribution in [1.82, 2.24) is 25.1 Å². The van der Waals surface area contributed by atoms with Crippen LogP contribution in [0.3, 0.4) is 0 Å². The first-order valence-corrected chi connectivity index (χ1v) is 8.87. The van der Waals surface area contributed by atoms with Crippen LogP contribution in [0.1, 0.15) is 12.0 Å². The number of nitrogens with zero attached hydrogens (tertiary/aromatic N) is 4. The van der Waals surface area contributed by atoms with E-state index in [1.54, 1.807) is 4.90 Å². The van der Waals surface area contributed by atoms with Crippen molar-refractivity contribution in [2.24, 2.45) is 0 Å². The number of piperidine rings is 1. The quantitative estimate of drug-likeness (QED) is 0.607. The number of H-pyrrole nitrogens is 1. The Balaban J connectivity index is 0.00000240. The van der Waals surface area contributed by atoms with Gasteiger partial charge in [-0.15, -0.1) is 12.4 Å². The van der Waals surface area contributed by atoms with Gasteiger partial charge >= 0.3 is 0 Å². The third kappa shape index (κ3) is 4.59. The first-order valence-electron chi connectivity index (χ1n) is 8.87. The van der Waals surface area contributed by atoms with Crippen LogP contribution in [0, 0.1) is 11.6 Å². The van der Waals surface area contributed by atoms with Crippen molar-refractivity contribution >= 4 is 29.3 Å². The minimum atomic E-state index is -3.01. The average Bonchev–Trinajstić information content (AvgIpc) is 3.14. The number of rotatable bonds is 5. The van der Waals surface area contributed by atoms with E-state index in [2.05, 4.69) is 25.5 Å². The third-order valence-corrected chi connectivity index (χ3v) is 4.94. The van der Waals surface area contributed by atoms with Gasteiger partial charge in [-0.1, -0.05) is 0 Å². The number of anilines is 1. The second kappa shape index (κ2) is 8.50. The zero-order valence-electron chi connectivity index (χ0n) is 15.2. The van der Waals surface area contributed by atoms with Crippen LogP contribution in [0.15, 0.2) is 30.7 Å². The molecule has 0 bridgehead atoms. The van der Waals surface area contributed by atoms with Crippen molar-refractivity contribution in [3.63, 3.8) is 0 Å². The van der Waals surface area contributed by atoms with Gasteiger partial charge in [-0.25, -0.2) is 27.5 Å². The van der Waals surface area contributed by atoms with Crippen LogP contribution in [0.2, 0.25) is 0 Å². The van der Waals surface area contributed by atoms with Crippen LogP contribution < -0.4 is 5.32 Å². The number of nitrogens with one attached hydrogen (secondary N) is 2. The summed E-state index contributed by atoms with van der Waals surface area (Å²) in [6.07, 6.45) is 3.11. The fourth-order valence-corrected chi connectivity index (χ4v) is 3.44. The maximum absolute atomic E-state index is 14.7. The fourth-order valence-electron chi connectivity index (χ4n) is 3.44. The van der Waals surface area contributed by atoms with Crippen LogP contribution in [-0.2, 0) is 6.42 Å². The van der Waals surface area contributed by atoms with Crippen LogP contribution in [0.25, 0.3) is 11.0 Å². The molecule has 1 unspecified atom stereocenters. The average molecular weight is 431 g/mol. The minimum absolute atomic E-state index is 0. The van der Waals surface area contributed by atoms with Gasteiger partial charge in [-0.3, -0.25) is 10.00 Å². The summed E-state index contributed by atoms with van der Waals surface area (Å²) in [7, 11) is 0. The Labute approximate surface area is 170 Å². The Kier molecular flexibility index (Phi) is 6.23. The summed E-state index contributed by atoms with van der Waals surface area (Å²) >= 11 is 0. The van der Waals surface area contributed by atoms with Gasteiger partial charge in [-0.05, 0) is 36.6 Å². The lowest BCUT2D eigenvalue weighted by Gasteiger charge is -2.38. The van der Waals surface area contributed by atoms with E-state index in [1.165, 1.54) is 12.5 Å². The van der Waals surface area contributed by atoms with Gasteiger partial charge in [0.1, 0.15) is 23.8 Å². The number of aromatic nitrogens is 4. The molecule has 1 atom stereocenters. The van der Waals surface area contributed by atoms with Gasteiger partial charge in [-0.2, -0.15) is 5.10 Å². The van der Waals surface area contributed by atoms with E-state index >= 15 is 0 Å². The smallest absolute Gasteiger partial charge is 0.280 e. The summed E-state index contributed by atoms with van der Waals surface area (Å²) in [6.45, 7) is 0.160. The molecule has 0 spiro atoms. The molecular formula is C18H19ClF4N6. The number of alkyl halides is 2. The molecule has 1 aliphatic rings. The second-order valence-corrected chi connectivity index (χ2v) is 6.86. The van der Waals surface area contributed by atoms with E-state index in [1.807, 2.05) is 0 Å². The monoisotopic (exact) mass is 430 g/mol. The van der Waals surface area contributed by atoms with E-state index < -0.39 is 30.1 Å². The highest BCUT2D eigenvalue weighted by atomic mass is 35.5. The normalized spacial score (nSPS) is 19.1. The maximum Gasteiger partial charge on any atom is 0.280 e. The Bertz CT molecular complexity index is 982. The molecular weight excluding hydrogens is 412 g/mol. The van der Waals surface area contributed by atoms with Crippen LogP contribution in [0.4, 0.5) is 23.4 Å². The molecule has 0 radical (unpaired) electrons. The number of benzene rings is 1. The third-order valence-electron chi connectivity index (χ3n) is 4.94. The van der Waals surface area contributed by atoms with Gasteiger partial charge in [0.25, 0.3) is 5.92 Å². The molecule has 1 aromatic carbocycles.